The van der Waals surface area contributed by atoms with E-state index in [9.17, 15) is 13.2 Å². The Bertz CT molecular complexity index is 1550. The van der Waals surface area contributed by atoms with Crippen molar-refractivity contribution in [2.45, 2.75) is 42.4 Å². The molecule has 1 amide bonds. The zero-order chi connectivity index (χ0) is 27.5. The molecule has 0 radical (unpaired) electrons. The van der Waals surface area contributed by atoms with Crippen molar-refractivity contribution in [3.05, 3.63) is 88.9 Å². The summed E-state index contributed by atoms with van der Waals surface area (Å²) in [6, 6.07) is 21.1. The van der Waals surface area contributed by atoms with E-state index in [0.29, 0.717) is 41.2 Å². The first kappa shape index (κ1) is 27.2. The van der Waals surface area contributed by atoms with Gasteiger partial charge in [0.05, 0.1) is 6.54 Å². The van der Waals surface area contributed by atoms with Crippen molar-refractivity contribution in [3.63, 3.8) is 0 Å². The van der Waals surface area contributed by atoms with Gasteiger partial charge in [-0.3, -0.25) is 4.79 Å². The summed E-state index contributed by atoms with van der Waals surface area (Å²) in [6.07, 6.45) is 6.32. The predicted octanol–water partition coefficient (Wildman–Crippen LogP) is 5.44. The molecular weight excluding hydrogens is 541 g/mol. The second kappa shape index (κ2) is 11.9. The van der Waals surface area contributed by atoms with Gasteiger partial charge in [0.25, 0.3) is 15.9 Å². The average molecular weight is 577 g/mol. The molecule has 4 aromatic rings. The Hall–Kier alpha value is -2.98. The lowest BCUT2D eigenvalue weighted by Crippen LogP contribution is -2.43. The molecule has 0 spiro atoms. The number of thiophene rings is 1. The molecule has 2 aliphatic rings. The maximum atomic E-state index is 13.3. The molecule has 40 heavy (non-hydrogen) atoms. The van der Waals surface area contributed by atoms with Gasteiger partial charge in [-0.1, -0.05) is 36.4 Å². The summed E-state index contributed by atoms with van der Waals surface area (Å²) in [4.78, 5) is 19.2. The summed E-state index contributed by atoms with van der Waals surface area (Å²) in [5, 5.41) is 4.23. The van der Waals surface area contributed by atoms with Crippen LogP contribution in [0, 0.1) is 5.92 Å². The van der Waals surface area contributed by atoms with Crippen molar-refractivity contribution in [3.8, 4) is 0 Å². The van der Waals surface area contributed by atoms with Crippen molar-refractivity contribution in [2.75, 3.05) is 32.7 Å². The van der Waals surface area contributed by atoms with Crippen LogP contribution in [0.5, 0.6) is 0 Å². The van der Waals surface area contributed by atoms with E-state index >= 15 is 0 Å². The van der Waals surface area contributed by atoms with E-state index < -0.39 is 10.0 Å². The van der Waals surface area contributed by atoms with Crippen LogP contribution in [0.4, 0.5) is 0 Å². The Morgan fingerprint density at radius 1 is 0.900 bits per heavy atom. The minimum Gasteiger partial charge on any atom is -0.361 e. The molecule has 0 bridgehead atoms. The zero-order valence-corrected chi connectivity index (χ0v) is 24.2. The summed E-state index contributed by atoms with van der Waals surface area (Å²) in [7, 11) is -3.52. The Morgan fingerprint density at radius 2 is 1.62 bits per heavy atom. The summed E-state index contributed by atoms with van der Waals surface area (Å²) >= 11 is 1.24. The van der Waals surface area contributed by atoms with E-state index in [2.05, 4.69) is 45.7 Å². The minimum absolute atomic E-state index is 0.164. The van der Waals surface area contributed by atoms with Crippen molar-refractivity contribution < 1.29 is 13.2 Å². The topological polar surface area (TPSA) is 85.5 Å². The molecule has 6 rings (SSSR count). The van der Waals surface area contributed by atoms with Crippen molar-refractivity contribution >= 4 is 38.2 Å². The Morgan fingerprint density at radius 3 is 2.40 bits per heavy atom. The minimum atomic E-state index is -3.52. The number of fused-ring (bicyclic) bond motifs is 1. The normalized spacial score (nSPS) is 18.3. The molecule has 0 atom stereocenters. The number of nitrogens with zero attached hydrogens (tertiary/aromatic N) is 2. The van der Waals surface area contributed by atoms with Crippen LogP contribution in [0.1, 0.15) is 52.4 Å². The first-order chi connectivity index (χ1) is 19.5. The molecule has 9 heteroatoms. The summed E-state index contributed by atoms with van der Waals surface area (Å²) < 4.78 is 28.7. The van der Waals surface area contributed by atoms with Gasteiger partial charge in [0, 0.05) is 47.2 Å². The van der Waals surface area contributed by atoms with E-state index in [4.69, 9.17) is 0 Å². The van der Waals surface area contributed by atoms with Crippen LogP contribution >= 0.6 is 11.3 Å². The Balaban J connectivity index is 0.969. The van der Waals surface area contributed by atoms with E-state index in [1.54, 1.807) is 28.6 Å². The van der Waals surface area contributed by atoms with Gasteiger partial charge in [-0.25, -0.2) is 8.42 Å². The van der Waals surface area contributed by atoms with Crippen LogP contribution in [0.25, 0.3) is 10.9 Å². The first-order valence-corrected chi connectivity index (χ1v) is 16.4. The van der Waals surface area contributed by atoms with Gasteiger partial charge in [-0.15, -0.1) is 11.3 Å². The van der Waals surface area contributed by atoms with Crippen LogP contribution in [-0.2, 0) is 16.6 Å². The average Bonchev–Trinajstić information content (AvgIpc) is 3.65. The van der Waals surface area contributed by atoms with Gasteiger partial charge < -0.3 is 15.2 Å². The monoisotopic (exact) mass is 576 g/mol. The molecule has 2 aliphatic heterocycles. The highest BCUT2D eigenvalue weighted by atomic mass is 32.2. The van der Waals surface area contributed by atoms with Gasteiger partial charge in [0.2, 0.25) is 0 Å². The maximum absolute atomic E-state index is 13.3. The third-order valence-electron chi connectivity index (χ3n) is 8.43. The van der Waals surface area contributed by atoms with E-state index in [1.807, 2.05) is 18.2 Å². The molecule has 0 unspecified atom stereocenters. The Labute approximate surface area is 240 Å². The molecule has 2 N–H and O–H groups in total. The third-order valence-corrected chi connectivity index (χ3v) is 11.9. The number of carbonyl (C=O) groups excluding carboxylic acids is 1. The molecule has 4 heterocycles. The molecular formula is C31H36N4O3S2. The number of nitrogens with one attached hydrogen (secondary N) is 2. The number of para-hydroxylation sites is 1. The first-order valence-electron chi connectivity index (χ1n) is 14.2. The molecule has 2 aromatic carbocycles. The third kappa shape index (κ3) is 5.88. The number of aromatic nitrogens is 1. The molecule has 0 aliphatic carbocycles. The van der Waals surface area contributed by atoms with Gasteiger partial charge >= 0.3 is 0 Å². The number of rotatable bonds is 8. The van der Waals surface area contributed by atoms with Crippen molar-refractivity contribution in [2.24, 2.45) is 5.92 Å². The lowest BCUT2D eigenvalue weighted by Gasteiger charge is -2.37. The highest BCUT2D eigenvalue weighted by Gasteiger charge is 2.32. The fraction of sp³-hybridized carbons (Fsp3) is 0.387. The van der Waals surface area contributed by atoms with Crippen molar-refractivity contribution in [1.29, 1.82) is 0 Å². The molecule has 7 nitrogen and oxygen atoms in total. The van der Waals surface area contributed by atoms with Crippen LogP contribution in [0.3, 0.4) is 0 Å². The van der Waals surface area contributed by atoms with E-state index in [1.165, 1.54) is 40.6 Å². The van der Waals surface area contributed by atoms with Crippen LogP contribution in [0.15, 0.2) is 77.1 Å². The fourth-order valence-electron chi connectivity index (χ4n) is 6.13. The van der Waals surface area contributed by atoms with Crippen LogP contribution < -0.4 is 5.32 Å². The van der Waals surface area contributed by atoms with Crippen molar-refractivity contribution in [1.82, 2.24) is 19.5 Å². The van der Waals surface area contributed by atoms with Gasteiger partial charge in [-0.05, 0) is 86.5 Å². The lowest BCUT2D eigenvalue weighted by atomic mass is 9.88. The highest BCUT2D eigenvalue weighted by molar-refractivity contribution is 7.91. The van der Waals surface area contributed by atoms with Gasteiger partial charge in [-0.2, -0.15) is 4.31 Å². The SMILES string of the molecule is O=C(NCc1ccc(S(=O)(=O)N2CCC(CN3CCC(c4c[nH]c5ccccc45)CC3)CC2)s1)c1ccccc1. The quantitative estimate of drug-likeness (QED) is 0.293. The molecule has 2 fully saturated rings. The zero-order valence-electron chi connectivity index (χ0n) is 22.6. The number of hydrogen-bond donors (Lipinski definition) is 2. The van der Waals surface area contributed by atoms with E-state index in [0.717, 1.165) is 37.4 Å². The number of likely N-dealkylation sites (tertiary alicyclic amines) is 1. The maximum Gasteiger partial charge on any atom is 0.252 e. The molecule has 0 saturated carbocycles. The standard InChI is InChI=1S/C31H36N4O3S2/c36-31(25-6-2-1-3-7-25)33-20-26-10-11-30(39-26)40(37,38)35-18-12-23(13-19-35)22-34-16-14-24(15-17-34)28-21-32-29-9-5-4-8-27(28)29/h1-11,21,23-24,32H,12-20,22H2,(H,33,36). The number of amides is 1. The predicted molar refractivity (Wildman–Crippen MR) is 160 cm³/mol. The summed E-state index contributed by atoms with van der Waals surface area (Å²) in [6.45, 7) is 4.70. The lowest BCUT2D eigenvalue weighted by molar-refractivity contribution is 0.0951. The smallest absolute Gasteiger partial charge is 0.252 e. The van der Waals surface area contributed by atoms with Crippen LogP contribution in [-0.4, -0.2) is 61.2 Å². The number of benzene rings is 2. The van der Waals surface area contributed by atoms with Gasteiger partial charge in [0.15, 0.2) is 0 Å². The second-order valence-electron chi connectivity index (χ2n) is 11.0. The number of hydrogen-bond acceptors (Lipinski definition) is 5. The number of sulfonamides is 1. The number of piperidine rings is 2. The summed E-state index contributed by atoms with van der Waals surface area (Å²) in [5.41, 5.74) is 3.26. The van der Waals surface area contributed by atoms with Crippen LogP contribution in [0.2, 0.25) is 0 Å². The molecule has 2 aromatic heterocycles. The highest BCUT2D eigenvalue weighted by Crippen LogP contribution is 2.34. The Kier molecular flexibility index (Phi) is 8.07. The number of H-pyrrole nitrogens is 1. The van der Waals surface area contributed by atoms with E-state index in [-0.39, 0.29) is 5.91 Å². The number of carbonyl (C=O) groups is 1. The largest absolute Gasteiger partial charge is 0.361 e. The molecule has 2 saturated heterocycles. The van der Waals surface area contributed by atoms with Gasteiger partial charge in [0.1, 0.15) is 4.21 Å². The second-order valence-corrected chi connectivity index (χ2v) is 14.3. The fourth-order valence-corrected chi connectivity index (χ4v) is 9.05. The number of aromatic amines is 1. The summed E-state index contributed by atoms with van der Waals surface area (Å²) in [5.74, 6) is 0.965. The molecule has 210 valence electrons.